The number of rotatable bonds is 3. The fourth-order valence-electron chi connectivity index (χ4n) is 0.720. The molecule has 1 amide bonds. The first-order valence-electron chi connectivity index (χ1n) is 3.39. The molecule has 0 saturated carbocycles. The molecule has 0 aliphatic carbocycles. The minimum Gasteiger partial charge on any atom is -0.333 e. The minimum absolute atomic E-state index is 0.0374. The lowest BCUT2D eigenvalue weighted by molar-refractivity contribution is -0.159. The molecule has 72 valence electrons. The zero-order chi connectivity index (χ0) is 9.78. The van der Waals surface area contributed by atoms with Crippen molar-refractivity contribution < 1.29 is 18.0 Å². The molecule has 0 atom stereocenters. The molecule has 0 unspecified atom stereocenters. The van der Waals surface area contributed by atoms with E-state index in [0.717, 1.165) is 6.92 Å². The van der Waals surface area contributed by atoms with E-state index in [1.807, 2.05) is 0 Å². The van der Waals surface area contributed by atoms with Crippen LogP contribution in [0.3, 0.4) is 0 Å². The van der Waals surface area contributed by atoms with E-state index in [1.165, 1.54) is 0 Å². The molecule has 0 radical (unpaired) electrons. The van der Waals surface area contributed by atoms with Gasteiger partial charge in [-0.25, -0.2) is 0 Å². The van der Waals surface area contributed by atoms with Crippen molar-refractivity contribution in [2.24, 2.45) is 5.73 Å². The second-order valence-corrected chi connectivity index (χ2v) is 2.34. The second-order valence-electron chi connectivity index (χ2n) is 2.34. The van der Waals surface area contributed by atoms with Crippen molar-refractivity contribution in [3.05, 3.63) is 0 Å². The van der Waals surface area contributed by atoms with Crippen molar-refractivity contribution in [2.75, 3.05) is 19.6 Å². The first kappa shape index (κ1) is 11.2. The van der Waals surface area contributed by atoms with Crippen LogP contribution in [0.2, 0.25) is 0 Å². The molecule has 0 aliphatic rings. The molecule has 12 heavy (non-hydrogen) atoms. The fraction of sp³-hybridized carbons (Fsp3) is 0.833. The Morgan fingerprint density at radius 2 is 2.00 bits per heavy atom. The summed E-state index contributed by atoms with van der Waals surface area (Å²) in [5.41, 5.74) is 5.02. The van der Waals surface area contributed by atoms with Gasteiger partial charge in [0.15, 0.2) is 0 Å². The lowest BCUT2D eigenvalue weighted by atomic mass is 10.4. The Balaban J connectivity index is 4.05. The van der Waals surface area contributed by atoms with Gasteiger partial charge in [0, 0.05) is 20.0 Å². The third kappa shape index (κ3) is 4.95. The molecule has 0 aromatic heterocycles. The molecule has 0 fully saturated rings. The van der Waals surface area contributed by atoms with E-state index in [2.05, 4.69) is 0 Å². The van der Waals surface area contributed by atoms with Gasteiger partial charge in [0.25, 0.3) is 0 Å². The Bertz CT molecular complexity index is 157. The average molecular weight is 184 g/mol. The first-order valence-corrected chi connectivity index (χ1v) is 3.39. The van der Waals surface area contributed by atoms with E-state index >= 15 is 0 Å². The standard InChI is InChI=1S/C6H11F3N2O/c1-5(12)11(3-2-10)4-6(7,8)9/h2-4,10H2,1H3. The van der Waals surface area contributed by atoms with Crippen LogP contribution in [0.1, 0.15) is 6.92 Å². The number of halogens is 3. The highest BCUT2D eigenvalue weighted by molar-refractivity contribution is 5.73. The van der Waals surface area contributed by atoms with Gasteiger partial charge in [0.05, 0.1) is 0 Å². The van der Waals surface area contributed by atoms with E-state index in [9.17, 15) is 18.0 Å². The summed E-state index contributed by atoms with van der Waals surface area (Å²) in [7, 11) is 0. The minimum atomic E-state index is -4.35. The Morgan fingerprint density at radius 3 is 2.25 bits per heavy atom. The fourth-order valence-corrected chi connectivity index (χ4v) is 0.720. The number of hydrogen-bond acceptors (Lipinski definition) is 2. The van der Waals surface area contributed by atoms with Crippen LogP contribution in [0.15, 0.2) is 0 Å². The lowest BCUT2D eigenvalue weighted by Crippen LogP contribution is -2.40. The molecule has 0 saturated heterocycles. The van der Waals surface area contributed by atoms with Gasteiger partial charge in [-0.1, -0.05) is 0 Å². The van der Waals surface area contributed by atoms with E-state index in [0.29, 0.717) is 4.90 Å². The maximum Gasteiger partial charge on any atom is 0.406 e. The Labute approximate surface area is 68.3 Å². The summed E-state index contributed by atoms with van der Waals surface area (Å²) in [6.45, 7) is -0.161. The predicted octanol–water partition coefficient (Wildman–Crippen LogP) is 0.356. The van der Waals surface area contributed by atoms with Gasteiger partial charge in [-0.05, 0) is 0 Å². The molecule has 0 aromatic rings. The highest BCUT2D eigenvalue weighted by atomic mass is 19.4. The topological polar surface area (TPSA) is 46.3 Å². The molecular weight excluding hydrogens is 173 g/mol. The number of hydrogen-bond donors (Lipinski definition) is 1. The SMILES string of the molecule is CC(=O)N(CCN)CC(F)(F)F. The van der Waals surface area contributed by atoms with E-state index in [4.69, 9.17) is 5.73 Å². The van der Waals surface area contributed by atoms with Crippen molar-refractivity contribution in [2.45, 2.75) is 13.1 Å². The monoisotopic (exact) mass is 184 g/mol. The normalized spacial score (nSPS) is 11.4. The number of carbonyl (C=O) groups is 1. The van der Waals surface area contributed by atoms with E-state index in [-0.39, 0.29) is 13.1 Å². The molecule has 0 aromatic carbocycles. The largest absolute Gasteiger partial charge is 0.406 e. The lowest BCUT2D eigenvalue weighted by Gasteiger charge is -2.21. The maximum atomic E-state index is 11.8. The van der Waals surface area contributed by atoms with Crippen LogP contribution in [-0.2, 0) is 4.79 Å². The number of alkyl halides is 3. The molecular formula is C6H11F3N2O. The van der Waals surface area contributed by atoms with Crippen molar-refractivity contribution in [1.29, 1.82) is 0 Å². The van der Waals surface area contributed by atoms with Crippen LogP contribution in [0, 0.1) is 0 Å². The average Bonchev–Trinajstić information content (AvgIpc) is 1.83. The van der Waals surface area contributed by atoms with Crippen molar-refractivity contribution in [1.82, 2.24) is 4.90 Å². The quantitative estimate of drug-likeness (QED) is 0.688. The molecule has 2 N–H and O–H groups in total. The zero-order valence-electron chi connectivity index (χ0n) is 6.69. The highest BCUT2D eigenvalue weighted by Crippen LogP contribution is 2.15. The highest BCUT2D eigenvalue weighted by Gasteiger charge is 2.31. The molecule has 6 heteroatoms. The van der Waals surface area contributed by atoms with E-state index in [1.54, 1.807) is 0 Å². The predicted molar refractivity (Wildman–Crippen MR) is 37.4 cm³/mol. The molecule has 0 heterocycles. The summed E-state index contributed by atoms with van der Waals surface area (Å²) in [5, 5.41) is 0. The molecule has 0 rings (SSSR count). The van der Waals surface area contributed by atoms with Gasteiger partial charge >= 0.3 is 6.18 Å². The second kappa shape index (κ2) is 4.30. The van der Waals surface area contributed by atoms with Gasteiger partial charge in [0.2, 0.25) is 5.91 Å². The summed E-state index contributed by atoms with van der Waals surface area (Å²) in [5.74, 6) is -0.613. The third-order valence-corrected chi connectivity index (χ3v) is 1.21. The summed E-state index contributed by atoms with van der Waals surface area (Å²) >= 11 is 0. The van der Waals surface area contributed by atoms with Crippen LogP contribution < -0.4 is 5.73 Å². The van der Waals surface area contributed by atoms with Gasteiger partial charge in [-0.15, -0.1) is 0 Å². The van der Waals surface area contributed by atoms with Gasteiger partial charge in [0.1, 0.15) is 6.54 Å². The summed E-state index contributed by atoms with van der Waals surface area (Å²) < 4.78 is 35.3. The molecule has 3 nitrogen and oxygen atoms in total. The van der Waals surface area contributed by atoms with Crippen molar-refractivity contribution in [3.63, 3.8) is 0 Å². The molecule has 0 spiro atoms. The van der Waals surface area contributed by atoms with Crippen LogP contribution in [0.5, 0.6) is 0 Å². The molecule has 0 bridgehead atoms. The van der Waals surface area contributed by atoms with Crippen LogP contribution in [-0.4, -0.2) is 36.6 Å². The summed E-state index contributed by atoms with van der Waals surface area (Å²) in [6.07, 6.45) is -4.35. The van der Waals surface area contributed by atoms with Crippen LogP contribution in [0.25, 0.3) is 0 Å². The van der Waals surface area contributed by atoms with Crippen molar-refractivity contribution >= 4 is 5.91 Å². The first-order chi connectivity index (χ1) is 5.37. The Hall–Kier alpha value is -0.780. The maximum absolute atomic E-state index is 11.8. The smallest absolute Gasteiger partial charge is 0.333 e. The number of nitrogens with two attached hydrogens (primary N) is 1. The van der Waals surface area contributed by atoms with Gasteiger partial charge < -0.3 is 10.6 Å². The number of amides is 1. The number of nitrogens with zero attached hydrogens (tertiary/aromatic N) is 1. The summed E-state index contributed by atoms with van der Waals surface area (Å²) in [6, 6.07) is 0. The Morgan fingerprint density at radius 1 is 1.50 bits per heavy atom. The molecule has 0 aliphatic heterocycles. The van der Waals surface area contributed by atoms with Crippen LogP contribution in [0.4, 0.5) is 13.2 Å². The Kier molecular flexibility index (Phi) is 4.02. The number of carbonyl (C=O) groups excluding carboxylic acids is 1. The van der Waals surface area contributed by atoms with Crippen LogP contribution >= 0.6 is 0 Å². The third-order valence-electron chi connectivity index (χ3n) is 1.21. The zero-order valence-corrected chi connectivity index (χ0v) is 6.69. The van der Waals surface area contributed by atoms with Gasteiger partial charge in [-0.3, -0.25) is 4.79 Å². The van der Waals surface area contributed by atoms with Gasteiger partial charge in [-0.2, -0.15) is 13.2 Å². The van der Waals surface area contributed by atoms with E-state index < -0.39 is 18.6 Å². The summed E-state index contributed by atoms with van der Waals surface area (Å²) in [4.78, 5) is 11.2. The van der Waals surface area contributed by atoms with Crippen molar-refractivity contribution in [3.8, 4) is 0 Å².